The Bertz CT molecular complexity index is 483. The number of halogens is 1. The van der Waals surface area contributed by atoms with Crippen molar-refractivity contribution < 1.29 is 14.3 Å². The van der Waals surface area contributed by atoms with Crippen molar-refractivity contribution in [3.63, 3.8) is 0 Å². The largest absolute Gasteiger partial charge is 0.467 e. The van der Waals surface area contributed by atoms with Crippen LogP contribution < -0.4 is 11.1 Å². The first-order valence-electron chi connectivity index (χ1n) is 6.28. The molecule has 0 heterocycles. The zero-order chi connectivity index (χ0) is 15.3. The number of ether oxygens (including phenoxy) is 1. The molecule has 1 atom stereocenters. The Kier molecular flexibility index (Phi) is 5.82. The fourth-order valence-corrected chi connectivity index (χ4v) is 2.06. The van der Waals surface area contributed by atoms with Crippen LogP contribution in [0.3, 0.4) is 0 Å². The molecule has 0 aromatic heterocycles. The molecule has 0 aliphatic heterocycles. The van der Waals surface area contributed by atoms with E-state index >= 15 is 0 Å². The highest BCUT2D eigenvalue weighted by atomic mass is 35.5. The van der Waals surface area contributed by atoms with Crippen molar-refractivity contribution in [1.29, 1.82) is 0 Å². The van der Waals surface area contributed by atoms with Crippen molar-refractivity contribution in [3.8, 4) is 0 Å². The van der Waals surface area contributed by atoms with Crippen molar-refractivity contribution in [2.75, 3.05) is 12.8 Å². The van der Waals surface area contributed by atoms with E-state index in [2.05, 4.69) is 5.32 Å². The fraction of sp³-hybridized carbons (Fsp3) is 0.429. The standard InChI is InChI=1S/C14H19ClN2O3/c1-8(2)4-12(14(19)20-3)17-13(18)9-5-10(15)7-11(16)6-9/h5-8,12H,4,16H2,1-3H3,(H,17,18)/t12-/m0/s1. The highest BCUT2D eigenvalue weighted by molar-refractivity contribution is 6.31. The number of nitrogen functional groups attached to an aromatic ring is 1. The third kappa shape index (κ3) is 4.74. The summed E-state index contributed by atoms with van der Waals surface area (Å²) >= 11 is 5.85. The lowest BCUT2D eigenvalue weighted by Gasteiger charge is -2.18. The molecule has 6 heteroatoms. The summed E-state index contributed by atoms with van der Waals surface area (Å²) in [5.41, 5.74) is 6.34. The van der Waals surface area contributed by atoms with E-state index < -0.39 is 17.9 Å². The molecule has 0 aliphatic rings. The molecule has 0 spiro atoms. The van der Waals surface area contributed by atoms with E-state index in [0.29, 0.717) is 22.7 Å². The molecule has 1 aromatic carbocycles. The predicted octanol–water partition coefficient (Wildman–Crippen LogP) is 2.24. The maximum atomic E-state index is 12.1. The maximum absolute atomic E-state index is 12.1. The van der Waals surface area contributed by atoms with Crippen LogP contribution in [-0.4, -0.2) is 25.0 Å². The lowest BCUT2D eigenvalue weighted by atomic mass is 10.0. The van der Waals surface area contributed by atoms with Crippen molar-refractivity contribution >= 4 is 29.2 Å². The first-order chi connectivity index (χ1) is 9.33. The number of nitrogens with two attached hydrogens (primary N) is 1. The Hall–Kier alpha value is -1.75. The van der Waals surface area contributed by atoms with Crippen LogP contribution in [0.5, 0.6) is 0 Å². The Morgan fingerprint density at radius 3 is 2.50 bits per heavy atom. The second kappa shape index (κ2) is 7.14. The quantitative estimate of drug-likeness (QED) is 0.645. The molecule has 0 unspecified atom stereocenters. The number of methoxy groups -OCH3 is 1. The van der Waals surface area contributed by atoms with Crippen LogP contribution in [0, 0.1) is 5.92 Å². The molecule has 20 heavy (non-hydrogen) atoms. The van der Waals surface area contributed by atoms with Gasteiger partial charge in [-0.1, -0.05) is 25.4 Å². The molecule has 3 N–H and O–H groups in total. The second-order valence-electron chi connectivity index (χ2n) is 4.95. The van der Waals surface area contributed by atoms with Crippen LogP contribution >= 0.6 is 11.6 Å². The number of carbonyl (C=O) groups is 2. The summed E-state index contributed by atoms with van der Waals surface area (Å²) in [7, 11) is 1.29. The van der Waals surface area contributed by atoms with Gasteiger partial charge in [0.15, 0.2) is 0 Å². The van der Waals surface area contributed by atoms with Crippen LogP contribution in [0.1, 0.15) is 30.6 Å². The van der Waals surface area contributed by atoms with Crippen molar-refractivity contribution in [2.45, 2.75) is 26.3 Å². The monoisotopic (exact) mass is 298 g/mol. The third-order valence-electron chi connectivity index (χ3n) is 2.68. The maximum Gasteiger partial charge on any atom is 0.328 e. The van der Waals surface area contributed by atoms with Gasteiger partial charge in [-0.3, -0.25) is 4.79 Å². The van der Waals surface area contributed by atoms with Gasteiger partial charge in [-0.15, -0.1) is 0 Å². The summed E-state index contributed by atoms with van der Waals surface area (Å²) in [6.07, 6.45) is 0.495. The number of amides is 1. The molecular formula is C14H19ClN2O3. The summed E-state index contributed by atoms with van der Waals surface area (Å²) in [5.74, 6) is -0.638. The zero-order valence-corrected chi connectivity index (χ0v) is 12.5. The summed E-state index contributed by atoms with van der Waals surface area (Å²) in [5, 5.41) is 3.01. The van der Waals surface area contributed by atoms with Crippen molar-refractivity contribution in [2.24, 2.45) is 5.92 Å². The molecule has 110 valence electrons. The molecule has 0 radical (unpaired) electrons. The molecule has 0 aliphatic carbocycles. The summed E-state index contributed by atoms with van der Waals surface area (Å²) < 4.78 is 4.69. The van der Waals surface area contributed by atoms with E-state index in [9.17, 15) is 9.59 Å². The lowest BCUT2D eigenvalue weighted by Crippen LogP contribution is -2.42. The Balaban J connectivity index is 2.87. The molecule has 0 bridgehead atoms. The number of esters is 1. The Morgan fingerprint density at radius 2 is 2.00 bits per heavy atom. The molecule has 1 aromatic rings. The van der Waals surface area contributed by atoms with Crippen LogP contribution in [0.25, 0.3) is 0 Å². The number of benzene rings is 1. The van der Waals surface area contributed by atoms with E-state index in [-0.39, 0.29) is 5.92 Å². The van der Waals surface area contributed by atoms with Gasteiger partial charge in [-0.05, 0) is 30.5 Å². The van der Waals surface area contributed by atoms with Gasteiger partial charge in [0.25, 0.3) is 5.91 Å². The van der Waals surface area contributed by atoms with E-state index in [1.165, 1.54) is 19.2 Å². The number of nitrogens with one attached hydrogen (secondary N) is 1. The van der Waals surface area contributed by atoms with Gasteiger partial charge in [-0.25, -0.2) is 4.79 Å². The van der Waals surface area contributed by atoms with Gasteiger partial charge in [0.05, 0.1) is 7.11 Å². The average Bonchev–Trinajstić information content (AvgIpc) is 2.35. The van der Waals surface area contributed by atoms with Crippen molar-refractivity contribution in [1.82, 2.24) is 5.32 Å². The number of hydrogen-bond acceptors (Lipinski definition) is 4. The Labute approximate surface area is 123 Å². The molecule has 0 saturated heterocycles. The third-order valence-corrected chi connectivity index (χ3v) is 2.90. The number of rotatable bonds is 5. The van der Waals surface area contributed by atoms with Crippen LogP contribution in [0.15, 0.2) is 18.2 Å². The SMILES string of the molecule is COC(=O)[C@H](CC(C)C)NC(=O)c1cc(N)cc(Cl)c1. The zero-order valence-electron chi connectivity index (χ0n) is 11.8. The molecule has 1 rings (SSSR count). The molecular weight excluding hydrogens is 280 g/mol. The molecule has 0 fully saturated rings. The highest BCUT2D eigenvalue weighted by Gasteiger charge is 2.23. The summed E-state index contributed by atoms with van der Waals surface area (Å²) in [6.45, 7) is 3.92. The minimum absolute atomic E-state index is 0.240. The Morgan fingerprint density at radius 1 is 1.35 bits per heavy atom. The van der Waals surface area contributed by atoms with Gasteiger partial charge in [-0.2, -0.15) is 0 Å². The molecule has 1 amide bonds. The van der Waals surface area contributed by atoms with E-state index in [1.54, 1.807) is 6.07 Å². The van der Waals surface area contributed by atoms with Crippen LogP contribution in [-0.2, 0) is 9.53 Å². The second-order valence-corrected chi connectivity index (χ2v) is 5.39. The molecule has 5 nitrogen and oxygen atoms in total. The smallest absolute Gasteiger partial charge is 0.328 e. The first kappa shape index (κ1) is 16.3. The minimum Gasteiger partial charge on any atom is -0.467 e. The summed E-state index contributed by atoms with van der Waals surface area (Å²) in [4.78, 5) is 23.8. The predicted molar refractivity (Wildman–Crippen MR) is 78.6 cm³/mol. The number of anilines is 1. The van der Waals surface area contributed by atoms with Crippen molar-refractivity contribution in [3.05, 3.63) is 28.8 Å². The first-order valence-corrected chi connectivity index (χ1v) is 6.66. The van der Waals surface area contributed by atoms with Gasteiger partial charge >= 0.3 is 5.97 Å². The minimum atomic E-state index is -0.687. The molecule has 0 saturated carbocycles. The van der Waals surface area contributed by atoms with E-state index in [1.807, 2.05) is 13.8 Å². The lowest BCUT2D eigenvalue weighted by molar-refractivity contribution is -0.143. The van der Waals surface area contributed by atoms with Gasteiger partial charge in [0.2, 0.25) is 0 Å². The fourth-order valence-electron chi connectivity index (χ4n) is 1.81. The topological polar surface area (TPSA) is 81.4 Å². The highest BCUT2D eigenvalue weighted by Crippen LogP contribution is 2.17. The van der Waals surface area contributed by atoms with Gasteiger partial charge < -0.3 is 15.8 Å². The van der Waals surface area contributed by atoms with Gasteiger partial charge in [0, 0.05) is 16.3 Å². The van der Waals surface area contributed by atoms with Gasteiger partial charge in [0.1, 0.15) is 6.04 Å². The number of hydrogen-bond donors (Lipinski definition) is 2. The summed E-state index contributed by atoms with van der Waals surface area (Å²) in [6, 6.07) is 3.86. The average molecular weight is 299 g/mol. The van der Waals surface area contributed by atoms with Crippen LogP contribution in [0.2, 0.25) is 5.02 Å². The van der Waals surface area contributed by atoms with E-state index in [4.69, 9.17) is 22.1 Å². The van der Waals surface area contributed by atoms with Crippen LogP contribution in [0.4, 0.5) is 5.69 Å². The van der Waals surface area contributed by atoms with E-state index in [0.717, 1.165) is 0 Å². The number of carbonyl (C=O) groups excluding carboxylic acids is 2. The normalized spacial score (nSPS) is 12.1.